The summed E-state index contributed by atoms with van der Waals surface area (Å²) in [4.78, 5) is 12.0. The van der Waals surface area contributed by atoms with Crippen molar-refractivity contribution < 1.29 is 17.6 Å². The molecule has 1 N–H and O–H groups in total. The standard InChI is InChI=1S/C15H19FN2O3S/c1-22(20,21)18-11-3-5-14(18)15(19)17-10-2-4-12-6-8-13(16)9-7-12/h3,5-9,14H,2,4,10-11H2,1H3,(H,17,19). The van der Waals surface area contributed by atoms with E-state index in [1.165, 1.54) is 12.1 Å². The Labute approximate surface area is 129 Å². The number of rotatable bonds is 6. The number of amides is 1. The van der Waals surface area contributed by atoms with Crippen LogP contribution in [-0.2, 0) is 21.2 Å². The lowest BCUT2D eigenvalue weighted by Gasteiger charge is -2.21. The molecular weight excluding hydrogens is 307 g/mol. The third-order valence-electron chi connectivity index (χ3n) is 3.46. The van der Waals surface area contributed by atoms with Crippen molar-refractivity contribution in [2.24, 2.45) is 0 Å². The molecule has 0 aromatic heterocycles. The Hall–Kier alpha value is -1.73. The first kappa shape index (κ1) is 16.6. The first-order valence-electron chi connectivity index (χ1n) is 7.03. The largest absolute Gasteiger partial charge is 0.354 e. The normalized spacial score (nSPS) is 18.5. The smallest absolute Gasteiger partial charge is 0.242 e. The van der Waals surface area contributed by atoms with E-state index in [-0.39, 0.29) is 18.3 Å². The first-order valence-corrected chi connectivity index (χ1v) is 8.88. The van der Waals surface area contributed by atoms with Crippen molar-refractivity contribution in [3.63, 3.8) is 0 Å². The van der Waals surface area contributed by atoms with Gasteiger partial charge in [0, 0.05) is 13.1 Å². The predicted molar refractivity (Wildman–Crippen MR) is 82.2 cm³/mol. The van der Waals surface area contributed by atoms with Gasteiger partial charge in [-0.05, 0) is 30.5 Å². The number of nitrogens with zero attached hydrogens (tertiary/aromatic N) is 1. The molecule has 0 spiro atoms. The van der Waals surface area contributed by atoms with Gasteiger partial charge in [-0.1, -0.05) is 24.3 Å². The minimum Gasteiger partial charge on any atom is -0.354 e. The lowest BCUT2D eigenvalue weighted by molar-refractivity contribution is -0.123. The van der Waals surface area contributed by atoms with E-state index in [9.17, 15) is 17.6 Å². The van der Waals surface area contributed by atoms with Gasteiger partial charge in [0.1, 0.15) is 11.9 Å². The Morgan fingerprint density at radius 1 is 1.36 bits per heavy atom. The minimum absolute atomic E-state index is 0.229. The van der Waals surface area contributed by atoms with Crippen LogP contribution in [0.4, 0.5) is 4.39 Å². The highest BCUT2D eigenvalue weighted by atomic mass is 32.2. The Morgan fingerprint density at radius 2 is 2.05 bits per heavy atom. The van der Waals surface area contributed by atoms with Crippen molar-refractivity contribution in [3.8, 4) is 0 Å². The van der Waals surface area contributed by atoms with E-state index in [0.29, 0.717) is 13.0 Å². The van der Waals surface area contributed by atoms with E-state index in [2.05, 4.69) is 5.32 Å². The topological polar surface area (TPSA) is 66.5 Å². The Bertz CT molecular complexity index is 656. The molecule has 120 valence electrons. The van der Waals surface area contributed by atoms with Gasteiger partial charge in [0.05, 0.1) is 6.26 Å². The maximum Gasteiger partial charge on any atom is 0.242 e. The van der Waals surface area contributed by atoms with Crippen molar-refractivity contribution >= 4 is 15.9 Å². The van der Waals surface area contributed by atoms with Gasteiger partial charge in [0.2, 0.25) is 15.9 Å². The van der Waals surface area contributed by atoms with Gasteiger partial charge in [-0.15, -0.1) is 0 Å². The number of benzene rings is 1. The number of sulfonamides is 1. The van der Waals surface area contributed by atoms with Gasteiger partial charge < -0.3 is 5.32 Å². The van der Waals surface area contributed by atoms with Gasteiger partial charge in [0.15, 0.2) is 0 Å². The van der Waals surface area contributed by atoms with E-state index in [4.69, 9.17) is 0 Å². The van der Waals surface area contributed by atoms with Crippen LogP contribution in [0.1, 0.15) is 12.0 Å². The molecule has 5 nitrogen and oxygen atoms in total. The monoisotopic (exact) mass is 326 g/mol. The van der Waals surface area contributed by atoms with Crippen LogP contribution in [0.3, 0.4) is 0 Å². The molecule has 1 aliphatic rings. The third-order valence-corrected chi connectivity index (χ3v) is 4.69. The highest BCUT2D eigenvalue weighted by Crippen LogP contribution is 2.14. The van der Waals surface area contributed by atoms with Crippen molar-refractivity contribution in [2.45, 2.75) is 18.9 Å². The first-order chi connectivity index (χ1) is 10.4. The second-order valence-electron chi connectivity index (χ2n) is 5.23. The second-order valence-corrected chi connectivity index (χ2v) is 7.16. The number of hydrogen-bond acceptors (Lipinski definition) is 3. The van der Waals surface area contributed by atoms with E-state index in [1.807, 2.05) is 0 Å². The molecular formula is C15H19FN2O3S. The maximum atomic E-state index is 12.8. The molecule has 0 saturated carbocycles. The van der Waals surface area contributed by atoms with Crippen LogP contribution < -0.4 is 5.32 Å². The number of carbonyl (C=O) groups is 1. The highest BCUT2D eigenvalue weighted by Gasteiger charge is 2.32. The molecule has 1 atom stereocenters. The summed E-state index contributed by atoms with van der Waals surface area (Å²) in [6.45, 7) is 0.671. The molecule has 1 aliphatic heterocycles. The van der Waals surface area contributed by atoms with E-state index >= 15 is 0 Å². The number of carbonyl (C=O) groups excluding carboxylic acids is 1. The zero-order valence-corrected chi connectivity index (χ0v) is 13.1. The van der Waals surface area contributed by atoms with Crippen molar-refractivity contribution in [1.29, 1.82) is 0 Å². The fraction of sp³-hybridized carbons (Fsp3) is 0.400. The van der Waals surface area contributed by atoms with E-state index < -0.39 is 16.1 Å². The molecule has 2 rings (SSSR count). The van der Waals surface area contributed by atoms with Gasteiger partial charge in [-0.3, -0.25) is 4.79 Å². The van der Waals surface area contributed by atoms with Crippen LogP contribution in [0.15, 0.2) is 36.4 Å². The molecule has 0 saturated heterocycles. The SMILES string of the molecule is CS(=O)(=O)N1CC=CC1C(=O)NCCCc1ccc(F)cc1. The number of nitrogens with one attached hydrogen (secondary N) is 1. The molecule has 0 bridgehead atoms. The molecule has 1 unspecified atom stereocenters. The van der Waals surface area contributed by atoms with Crippen LogP contribution in [0, 0.1) is 5.82 Å². The quantitative estimate of drug-likeness (QED) is 0.628. The summed E-state index contributed by atoms with van der Waals surface area (Å²) < 4.78 is 37.1. The van der Waals surface area contributed by atoms with Gasteiger partial charge in [0.25, 0.3) is 0 Å². The summed E-state index contributed by atoms with van der Waals surface area (Å²) in [6, 6.07) is 5.47. The third kappa shape index (κ3) is 4.38. The van der Waals surface area contributed by atoms with Crippen LogP contribution in [0.25, 0.3) is 0 Å². The second kappa shape index (κ2) is 7.02. The zero-order chi connectivity index (χ0) is 16.2. The molecule has 1 heterocycles. The number of aryl methyl sites for hydroxylation is 1. The molecule has 0 aliphatic carbocycles. The highest BCUT2D eigenvalue weighted by molar-refractivity contribution is 7.88. The van der Waals surface area contributed by atoms with Crippen molar-refractivity contribution in [2.75, 3.05) is 19.3 Å². The van der Waals surface area contributed by atoms with Gasteiger partial charge in [-0.2, -0.15) is 4.31 Å². The average Bonchev–Trinajstić information content (AvgIpc) is 2.95. The minimum atomic E-state index is -3.40. The molecule has 0 radical (unpaired) electrons. The number of hydrogen-bond donors (Lipinski definition) is 1. The number of halogens is 1. The molecule has 1 aromatic rings. The van der Waals surface area contributed by atoms with Gasteiger partial charge in [-0.25, -0.2) is 12.8 Å². The van der Waals surface area contributed by atoms with Crippen LogP contribution >= 0.6 is 0 Å². The summed E-state index contributed by atoms with van der Waals surface area (Å²) >= 11 is 0. The fourth-order valence-corrected chi connectivity index (χ4v) is 3.26. The predicted octanol–water partition coefficient (Wildman–Crippen LogP) is 1.07. The molecule has 7 heteroatoms. The molecule has 1 aromatic carbocycles. The Balaban J connectivity index is 1.78. The maximum absolute atomic E-state index is 12.8. The summed E-state index contributed by atoms with van der Waals surface area (Å²) in [5, 5.41) is 2.74. The van der Waals surface area contributed by atoms with Crippen molar-refractivity contribution in [1.82, 2.24) is 9.62 Å². The molecule has 22 heavy (non-hydrogen) atoms. The van der Waals surface area contributed by atoms with E-state index in [1.54, 1.807) is 24.3 Å². The van der Waals surface area contributed by atoms with Crippen LogP contribution in [0.5, 0.6) is 0 Å². The molecule has 0 fully saturated rings. The van der Waals surface area contributed by atoms with Crippen LogP contribution in [0.2, 0.25) is 0 Å². The average molecular weight is 326 g/mol. The zero-order valence-electron chi connectivity index (χ0n) is 12.3. The lowest BCUT2D eigenvalue weighted by atomic mass is 10.1. The Morgan fingerprint density at radius 3 is 2.68 bits per heavy atom. The van der Waals surface area contributed by atoms with Gasteiger partial charge >= 0.3 is 0 Å². The van der Waals surface area contributed by atoms with E-state index in [0.717, 1.165) is 22.5 Å². The summed E-state index contributed by atoms with van der Waals surface area (Å²) in [5.74, 6) is -0.593. The summed E-state index contributed by atoms with van der Waals surface area (Å²) in [5.41, 5.74) is 0.995. The van der Waals surface area contributed by atoms with Crippen molar-refractivity contribution in [3.05, 3.63) is 47.8 Å². The Kier molecular flexibility index (Phi) is 5.31. The lowest BCUT2D eigenvalue weighted by Crippen LogP contribution is -2.46. The van der Waals surface area contributed by atoms with Crippen LogP contribution in [-0.4, -0.2) is 44.0 Å². The summed E-state index contributed by atoms with van der Waals surface area (Å²) in [7, 11) is -3.40. The summed E-state index contributed by atoms with van der Waals surface area (Å²) in [6.07, 6.45) is 5.78. The molecule has 1 amide bonds. The fourth-order valence-electron chi connectivity index (χ4n) is 2.32.